The lowest BCUT2D eigenvalue weighted by Gasteiger charge is -2.13. The Labute approximate surface area is 154 Å². The standard InChI is InChI=1S/C21H26O5/c1-15-7-5-8-16(2)20(15)26-14-13-25-19(22)12-11-17-9-6-10-18(23-3)21(17)24-4/h5-10H,11-14H2,1-4H3. The van der Waals surface area contributed by atoms with Crippen molar-refractivity contribution >= 4 is 5.97 Å². The minimum Gasteiger partial charge on any atom is -0.493 e. The van der Waals surface area contributed by atoms with Crippen molar-refractivity contribution in [1.29, 1.82) is 0 Å². The molecule has 0 saturated carbocycles. The average Bonchev–Trinajstić information content (AvgIpc) is 2.64. The van der Waals surface area contributed by atoms with Crippen LogP contribution in [0.5, 0.6) is 17.2 Å². The number of hydrogen-bond donors (Lipinski definition) is 0. The molecule has 0 atom stereocenters. The summed E-state index contributed by atoms with van der Waals surface area (Å²) in [5.74, 6) is 1.89. The highest BCUT2D eigenvalue weighted by Crippen LogP contribution is 2.31. The first-order valence-corrected chi connectivity index (χ1v) is 8.61. The summed E-state index contributed by atoms with van der Waals surface area (Å²) in [5.41, 5.74) is 3.05. The van der Waals surface area contributed by atoms with Crippen molar-refractivity contribution in [1.82, 2.24) is 0 Å². The van der Waals surface area contributed by atoms with Crippen molar-refractivity contribution in [3.05, 3.63) is 53.1 Å². The van der Waals surface area contributed by atoms with E-state index in [0.717, 1.165) is 22.4 Å². The Morgan fingerprint density at radius 2 is 1.58 bits per heavy atom. The maximum atomic E-state index is 12.0. The van der Waals surface area contributed by atoms with Crippen LogP contribution in [0.25, 0.3) is 0 Å². The summed E-state index contributed by atoms with van der Waals surface area (Å²) in [7, 11) is 3.18. The molecule has 26 heavy (non-hydrogen) atoms. The summed E-state index contributed by atoms with van der Waals surface area (Å²) >= 11 is 0. The molecule has 0 aliphatic rings. The zero-order chi connectivity index (χ0) is 18.9. The smallest absolute Gasteiger partial charge is 0.306 e. The highest BCUT2D eigenvalue weighted by Gasteiger charge is 2.12. The molecule has 0 amide bonds. The Hall–Kier alpha value is -2.69. The van der Waals surface area contributed by atoms with Gasteiger partial charge in [-0.25, -0.2) is 0 Å². The quantitative estimate of drug-likeness (QED) is 0.503. The van der Waals surface area contributed by atoms with Crippen LogP contribution >= 0.6 is 0 Å². The van der Waals surface area contributed by atoms with E-state index < -0.39 is 0 Å². The second-order valence-electron chi connectivity index (χ2n) is 5.94. The van der Waals surface area contributed by atoms with Crippen molar-refractivity contribution in [2.75, 3.05) is 27.4 Å². The van der Waals surface area contributed by atoms with Gasteiger partial charge in [0.15, 0.2) is 11.5 Å². The molecule has 0 heterocycles. The van der Waals surface area contributed by atoms with E-state index in [1.165, 1.54) is 0 Å². The van der Waals surface area contributed by atoms with E-state index in [1.807, 2.05) is 50.2 Å². The van der Waals surface area contributed by atoms with Crippen LogP contribution in [0.1, 0.15) is 23.1 Å². The molecule has 0 spiro atoms. The minimum absolute atomic E-state index is 0.224. The van der Waals surface area contributed by atoms with Crippen LogP contribution in [-0.2, 0) is 16.0 Å². The van der Waals surface area contributed by atoms with Crippen molar-refractivity contribution < 1.29 is 23.7 Å². The molecule has 2 aromatic rings. The molecule has 140 valence electrons. The van der Waals surface area contributed by atoms with Gasteiger partial charge in [-0.1, -0.05) is 30.3 Å². The molecule has 2 aromatic carbocycles. The summed E-state index contributed by atoms with van der Waals surface area (Å²) in [6.07, 6.45) is 0.796. The van der Waals surface area contributed by atoms with Crippen molar-refractivity contribution in [2.24, 2.45) is 0 Å². The Morgan fingerprint density at radius 1 is 0.885 bits per heavy atom. The third-order valence-corrected chi connectivity index (χ3v) is 4.08. The predicted molar refractivity (Wildman–Crippen MR) is 100 cm³/mol. The Morgan fingerprint density at radius 3 is 2.23 bits per heavy atom. The molecule has 0 aliphatic heterocycles. The molecule has 0 aliphatic carbocycles. The SMILES string of the molecule is COc1cccc(CCC(=O)OCCOc2c(C)cccc2C)c1OC. The third kappa shape index (κ3) is 5.15. The van der Waals surface area contributed by atoms with Gasteiger partial charge in [0.25, 0.3) is 0 Å². The summed E-state index contributed by atoms with van der Waals surface area (Å²) < 4.78 is 21.6. The van der Waals surface area contributed by atoms with Crippen LogP contribution in [0.15, 0.2) is 36.4 Å². The van der Waals surface area contributed by atoms with Gasteiger partial charge in [-0.2, -0.15) is 0 Å². The number of para-hydroxylation sites is 2. The molecule has 5 nitrogen and oxygen atoms in total. The van der Waals surface area contributed by atoms with Gasteiger partial charge in [0.1, 0.15) is 19.0 Å². The normalized spacial score (nSPS) is 10.3. The lowest BCUT2D eigenvalue weighted by molar-refractivity contribution is -0.144. The number of benzene rings is 2. The van der Waals surface area contributed by atoms with Crippen LogP contribution in [0, 0.1) is 13.8 Å². The Kier molecular flexibility index (Phi) is 7.33. The van der Waals surface area contributed by atoms with Gasteiger partial charge in [-0.05, 0) is 43.0 Å². The number of carbonyl (C=O) groups excluding carboxylic acids is 1. The van der Waals surface area contributed by atoms with E-state index in [-0.39, 0.29) is 19.0 Å². The second kappa shape index (κ2) is 9.70. The van der Waals surface area contributed by atoms with Gasteiger partial charge < -0.3 is 18.9 Å². The van der Waals surface area contributed by atoms with Crippen LogP contribution in [0.2, 0.25) is 0 Å². The molecule has 2 rings (SSSR count). The first-order chi connectivity index (χ1) is 12.6. The lowest BCUT2D eigenvalue weighted by atomic mass is 10.1. The molecule has 0 aromatic heterocycles. The zero-order valence-electron chi connectivity index (χ0n) is 15.8. The molecule has 0 bridgehead atoms. The number of ether oxygens (including phenoxy) is 4. The lowest BCUT2D eigenvalue weighted by Crippen LogP contribution is -2.13. The summed E-state index contributed by atoms with van der Waals surface area (Å²) in [5, 5.41) is 0. The van der Waals surface area contributed by atoms with Crippen LogP contribution in [-0.4, -0.2) is 33.4 Å². The summed E-state index contributed by atoms with van der Waals surface area (Å²) in [6.45, 7) is 4.55. The van der Waals surface area contributed by atoms with Crippen LogP contribution in [0.3, 0.4) is 0 Å². The first-order valence-electron chi connectivity index (χ1n) is 8.61. The Bertz CT molecular complexity index is 719. The number of rotatable bonds is 9. The average molecular weight is 358 g/mol. The highest BCUT2D eigenvalue weighted by atomic mass is 16.6. The predicted octanol–water partition coefficient (Wildman–Crippen LogP) is 3.88. The number of aryl methyl sites for hydroxylation is 3. The fourth-order valence-corrected chi connectivity index (χ4v) is 2.79. The van der Waals surface area contributed by atoms with Gasteiger partial charge in [0.05, 0.1) is 14.2 Å². The third-order valence-electron chi connectivity index (χ3n) is 4.08. The maximum absolute atomic E-state index is 12.0. The van der Waals surface area contributed by atoms with E-state index >= 15 is 0 Å². The molecule has 0 saturated heterocycles. The van der Waals surface area contributed by atoms with Crippen LogP contribution < -0.4 is 14.2 Å². The second-order valence-corrected chi connectivity index (χ2v) is 5.94. The minimum atomic E-state index is -0.264. The summed E-state index contributed by atoms with van der Waals surface area (Å²) in [6, 6.07) is 11.6. The molecule has 0 fully saturated rings. The van der Waals surface area contributed by atoms with Gasteiger partial charge in [0, 0.05) is 6.42 Å². The maximum Gasteiger partial charge on any atom is 0.306 e. The van der Waals surface area contributed by atoms with E-state index in [0.29, 0.717) is 24.5 Å². The molecule has 5 heteroatoms. The topological polar surface area (TPSA) is 54.0 Å². The number of methoxy groups -OCH3 is 2. The fraction of sp³-hybridized carbons (Fsp3) is 0.381. The van der Waals surface area contributed by atoms with Gasteiger partial charge in [-0.3, -0.25) is 4.79 Å². The number of hydrogen-bond acceptors (Lipinski definition) is 5. The molecule has 0 unspecified atom stereocenters. The largest absolute Gasteiger partial charge is 0.493 e. The van der Waals surface area contributed by atoms with Gasteiger partial charge in [-0.15, -0.1) is 0 Å². The van der Waals surface area contributed by atoms with Gasteiger partial charge in [0.2, 0.25) is 0 Å². The van der Waals surface area contributed by atoms with Crippen molar-refractivity contribution in [3.8, 4) is 17.2 Å². The Balaban J connectivity index is 1.78. The van der Waals surface area contributed by atoms with E-state index in [2.05, 4.69) is 0 Å². The number of esters is 1. The first kappa shape index (κ1) is 19.6. The van der Waals surface area contributed by atoms with Crippen LogP contribution in [0.4, 0.5) is 0 Å². The number of carbonyl (C=O) groups is 1. The molecule has 0 N–H and O–H groups in total. The highest BCUT2D eigenvalue weighted by molar-refractivity contribution is 5.70. The van der Waals surface area contributed by atoms with Gasteiger partial charge >= 0.3 is 5.97 Å². The van der Waals surface area contributed by atoms with E-state index in [4.69, 9.17) is 18.9 Å². The fourth-order valence-electron chi connectivity index (χ4n) is 2.79. The van der Waals surface area contributed by atoms with E-state index in [9.17, 15) is 4.79 Å². The van der Waals surface area contributed by atoms with Crippen molar-refractivity contribution in [3.63, 3.8) is 0 Å². The molecular weight excluding hydrogens is 332 g/mol. The zero-order valence-corrected chi connectivity index (χ0v) is 15.8. The summed E-state index contributed by atoms with van der Waals surface area (Å²) in [4.78, 5) is 12.0. The molecular formula is C21H26O5. The monoisotopic (exact) mass is 358 g/mol. The van der Waals surface area contributed by atoms with Crippen molar-refractivity contribution in [2.45, 2.75) is 26.7 Å². The molecule has 0 radical (unpaired) electrons. The van der Waals surface area contributed by atoms with E-state index in [1.54, 1.807) is 14.2 Å².